The molecule has 0 unspecified atom stereocenters. The van der Waals surface area contributed by atoms with Crippen LogP contribution in [0.5, 0.6) is 0 Å². The number of carbonyl (C=O) groups is 1. The molecule has 0 radical (unpaired) electrons. The van der Waals surface area contributed by atoms with Crippen LogP contribution in [0.4, 0.5) is 0 Å². The maximum Gasteiger partial charge on any atom is 0.254 e. The summed E-state index contributed by atoms with van der Waals surface area (Å²) in [4.78, 5) is 14.5. The van der Waals surface area contributed by atoms with Crippen LogP contribution in [-0.4, -0.2) is 23.9 Å². The minimum atomic E-state index is 0.173. The van der Waals surface area contributed by atoms with E-state index in [-0.39, 0.29) is 5.91 Å². The normalized spacial score (nSPS) is 17.2. The van der Waals surface area contributed by atoms with E-state index in [4.69, 9.17) is 0 Å². The highest BCUT2D eigenvalue weighted by Gasteiger charge is 2.23. The van der Waals surface area contributed by atoms with Gasteiger partial charge < -0.3 is 4.90 Å². The molecular formula is C15H20INO. The Balaban J connectivity index is 2.10. The van der Waals surface area contributed by atoms with E-state index in [0.29, 0.717) is 6.04 Å². The van der Waals surface area contributed by atoms with Gasteiger partial charge >= 0.3 is 0 Å². The minimum absolute atomic E-state index is 0.173. The number of amides is 1. The number of nitrogens with zero attached hydrogens (tertiary/aromatic N) is 1. The van der Waals surface area contributed by atoms with Crippen molar-refractivity contribution in [1.29, 1.82) is 0 Å². The summed E-state index contributed by atoms with van der Waals surface area (Å²) in [6, 6.07) is 8.27. The summed E-state index contributed by atoms with van der Waals surface area (Å²) >= 11 is 2.24. The Bertz CT molecular complexity index is 411. The van der Waals surface area contributed by atoms with Gasteiger partial charge in [-0.05, 0) is 47.6 Å². The third-order valence-corrected chi connectivity index (χ3v) is 4.74. The van der Waals surface area contributed by atoms with Crippen LogP contribution in [0.25, 0.3) is 0 Å². The lowest BCUT2D eigenvalue weighted by Gasteiger charge is -2.27. The monoisotopic (exact) mass is 357 g/mol. The number of carbonyl (C=O) groups excluding carboxylic acids is 1. The van der Waals surface area contributed by atoms with Crippen LogP contribution in [0, 0.1) is 3.57 Å². The van der Waals surface area contributed by atoms with Gasteiger partial charge in [-0.1, -0.05) is 37.8 Å². The third-order valence-electron chi connectivity index (χ3n) is 3.80. The van der Waals surface area contributed by atoms with Crippen molar-refractivity contribution < 1.29 is 4.79 Å². The molecule has 1 aliphatic carbocycles. The van der Waals surface area contributed by atoms with E-state index in [1.54, 1.807) is 0 Å². The number of hydrogen-bond donors (Lipinski definition) is 0. The SMILES string of the molecule is CN(C(=O)c1ccccc1I)C1CCCCCC1. The van der Waals surface area contributed by atoms with Gasteiger partial charge in [-0.25, -0.2) is 0 Å². The fraction of sp³-hybridized carbons (Fsp3) is 0.533. The molecule has 0 spiro atoms. The van der Waals surface area contributed by atoms with Crippen LogP contribution >= 0.6 is 22.6 Å². The molecule has 0 N–H and O–H groups in total. The zero-order valence-corrected chi connectivity index (χ0v) is 13.0. The maximum atomic E-state index is 12.5. The first kappa shape index (κ1) is 13.8. The number of halogens is 1. The van der Waals surface area contributed by atoms with E-state index >= 15 is 0 Å². The second-order valence-electron chi connectivity index (χ2n) is 5.04. The molecule has 2 nitrogen and oxygen atoms in total. The molecule has 0 aliphatic heterocycles. The van der Waals surface area contributed by atoms with E-state index in [1.807, 2.05) is 36.2 Å². The molecule has 0 atom stereocenters. The van der Waals surface area contributed by atoms with Gasteiger partial charge in [0.25, 0.3) is 5.91 Å². The van der Waals surface area contributed by atoms with Crippen molar-refractivity contribution in [3.05, 3.63) is 33.4 Å². The van der Waals surface area contributed by atoms with Crippen molar-refractivity contribution in [3.63, 3.8) is 0 Å². The summed E-state index contributed by atoms with van der Waals surface area (Å²) in [6.45, 7) is 0. The molecule has 2 rings (SSSR count). The quantitative estimate of drug-likeness (QED) is 0.577. The predicted octanol–water partition coefficient (Wildman–Crippen LogP) is 4.09. The Morgan fingerprint density at radius 2 is 1.78 bits per heavy atom. The fourth-order valence-electron chi connectivity index (χ4n) is 2.64. The van der Waals surface area contributed by atoms with Crippen LogP contribution in [-0.2, 0) is 0 Å². The summed E-state index contributed by atoms with van der Waals surface area (Å²) in [5, 5.41) is 0. The molecule has 0 saturated heterocycles. The lowest BCUT2D eigenvalue weighted by Crippen LogP contribution is -2.37. The van der Waals surface area contributed by atoms with Crippen LogP contribution in [0.1, 0.15) is 48.9 Å². The topological polar surface area (TPSA) is 20.3 Å². The predicted molar refractivity (Wildman–Crippen MR) is 82.7 cm³/mol. The Morgan fingerprint density at radius 3 is 2.39 bits per heavy atom. The molecule has 1 aliphatic rings. The molecule has 98 valence electrons. The number of hydrogen-bond acceptors (Lipinski definition) is 1. The smallest absolute Gasteiger partial charge is 0.254 e. The van der Waals surface area contributed by atoms with Crippen molar-refractivity contribution in [2.75, 3.05) is 7.05 Å². The van der Waals surface area contributed by atoms with E-state index in [2.05, 4.69) is 22.6 Å². The van der Waals surface area contributed by atoms with Crippen molar-refractivity contribution in [1.82, 2.24) is 4.90 Å². The average molecular weight is 357 g/mol. The molecule has 0 aromatic heterocycles. The summed E-state index contributed by atoms with van der Waals surface area (Å²) < 4.78 is 1.04. The number of benzene rings is 1. The first-order valence-electron chi connectivity index (χ1n) is 6.72. The van der Waals surface area contributed by atoms with Crippen molar-refractivity contribution in [3.8, 4) is 0 Å². The summed E-state index contributed by atoms with van der Waals surface area (Å²) in [5.74, 6) is 0.173. The van der Waals surface area contributed by atoms with E-state index in [9.17, 15) is 4.79 Å². The molecule has 1 saturated carbocycles. The minimum Gasteiger partial charge on any atom is -0.339 e. The molecule has 0 bridgehead atoms. The van der Waals surface area contributed by atoms with Gasteiger partial charge in [-0.2, -0.15) is 0 Å². The Labute approximate surface area is 123 Å². The molecule has 0 heterocycles. The summed E-state index contributed by atoms with van der Waals surface area (Å²) in [6.07, 6.45) is 7.47. The van der Waals surface area contributed by atoms with Gasteiger partial charge in [0.05, 0.1) is 5.56 Å². The van der Waals surface area contributed by atoms with Gasteiger partial charge in [0.1, 0.15) is 0 Å². The summed E-state index contributed by atoms with van der Waals surface area (Å²) in [7, 11) is 1.96. The Kier molecular flexibility index (Phi) is 5.03. The van der Waals surface area contributed by atoms with Gasteiger partial charge in [0, 0.05) is 16.7 Å². The van der Waals surface area contributed by atoms with Gasteiger partial charge in [-0.15, -0.1) is 0 Å². The molecule has 3 heteroatoms. The third kappa shape index (κ3) is 3.25. The highest BCUT2D eigenvalue weighted by atomic mass is 127. The van der Waals surface area contributed by atoms with Crippen molar-refractivity contribution in [2.45, 2.75) is 44.6 Å². The van der Waals surface area contributed by atoms with Crippen LogP contribution < -0.4 is 0 Å². The molecule has 1 aromatic rings. The number of rotatable bonds is 2. The molecular weight excluding hydrogens is 337 g/mol. The molecule has 1 fully saturated rings. The van der Waals surface area contributed by atoms with Crippen LogP contribution in [0.3, 0.4) is 0 Å². The highest BCUT2D eigenvalue weighted by molar-refractivity contribution is 14.1. The largest absolute Gasteiger partial charge is 0.339 e. The van der Waals surface area contributed by atoms with E-state index in [1.165, 1.54) is 25.7 Å². The van der Waals surface area contributed by atoms with Crippen LogP contribution in [0.2, 0.25) is 0 Å². The van der Waals surface area contributed by atoms with E-state index < -0.39 is 0 Å². The molecule has 1 aromatic carbocycles. The second kappa shape index (κ2) is 6.55. The summed E-state index contributed by atoms with van der Waals surface area (Å²) in [5.41, 5.74) is 0.838. The fourth-order valence-corrected chi connectivity index (χ4v) is 3.25. The second-order valence-corrected chi connectivity index (χ2v) is 6.20. The first-order chi connectivity index (χ1) is 8.70. The standard InChI is InChI=1S/C15H20INO/c1-17(12-8-4-2-3-5-9-12)15(18)13-10-6-7-11-14(13)16/h6-7,10-12H,2-5,8-9H2,1H3. The lowest BCUT2D eigenvalue weighted by atomic mass is 10.1. The lowest BCUT2D eigenvalue weighted by molar-refractivity contribution is 0.0716. The van der Waals surface area contributed by atoms with Crippen LogP contribution in [0.15, 0.2) is 24.3 Å². The Morgan fingerprint density at radius 1 is 1.17 bits per heavy atom. The van der Waals surface area contributed by atoms with Gasteiger partial charge in [0.15, 0.2) is 0 Å². The zero-order valence-electron chi connectivity index (χ0n) is 10.9. The van der Waals surface area contributed by atoms with Crippen molar-refractivity contribution in [2.24, 2.45) is 0 Å². The van der Waals surface area contributed by atoms with E-state index in [0.717, 1.165) is 22.0 Å². The van der Waals surface area contributed by atoms with Gasteiger partial charge in [0.2, 0.25) is 0 Å². The zero-order chi connectivity index (χ0) is 13.0. The van der Waals surface area contributed by atoms with Crippen molar-refractivity contribution >= 4 is 28.5 Å². The average Bonchev–Trinajstić information content (AvgIpc) is 2.66. The van der Waals surface area contributed by atoms with Gasteiger partial charge in [-0.3, -0.25) is 4.79 Å². The first-order valence-corrected chi connectivity index (χ1v) is 7.79. The molecule has 18 heavy (non-hydrogen) atoms. The molecule has 1 amide bonds. The maximum absolute atomic E-state index is 12.5. The highest BCUT2D eigenvalue weighted by Crippen LogP contribution is 2.23. The Hall–Kier alpha value is -0.580.